The lowest BCUT2D eigenvalue weighted by atomic mass is 10.3. The molecule has 1 aromatic rings. The molecule has 1 rings (SSSR count). The minimum absolute atomic E-state index is 0.0721. The van der Waals surface area contributed by atoms with Gasteiger partial charge in [0.25, 0.3) is 0 Å². The highest BCUT2D eigenvalue weighted by Gasteiger charge is 2.21. The van der Waals surface area contributed by atoms with E-state index in [1.165, 1.54) is 6.07 Å². The molecule has 0 aliphatic heterocycles. The summed E-state index contributed by atoms with van der Waals surface area (Å²) in [4.78, 5) is 0. The highest BCUT2D eigenvalue weighted by molar-refractivity contribution is 7.58. The zero-order valence-corrected chi connectivity index (χ0v) is 11.9. The van der Waals surface area contributed by atoms with Gasteiger partial charge in [0.15, 0.2) is 6.35 Å². The first kappa shape index (κ1) is 15.3. The largest absolute Gasteiger partial charge is 0.482 e. The third kappa shape index (κ3) is 3.87. The minimum Gasteiger partial charge on any atom is -0.482 e. The molecule has 0 saturated heterocycles. The Morgan fingerprint density at radius 1 is 1.44 bits per heavy atom. The fourth-order valence-electron chi connectivity index (χ4n) is 1.28. The highest BCUT2D eigenvalue weighted by atomic mass is 35.5. The van der Waals surface area contributed by atoms with Crippen LogP contribution in [0.3, 0.4) is 0 Å². The van der Waals surface area contributed by atoms with E-state index in [0.29, 0.717) is 12.8 Å². The summed E-state index contributed by atoms with van der Waals surface area (Å²) in [7, 11) is -2.83. The molecule has 18 heavy (non-hydrogen) atoms. The number of nitrogen functional groups attached to an aromatic ring is 1. The van der Waals surface area contributed by atoms with Crippen molar-refractivity contribution in [2.45, 2.75) is 13.8 Å². The van der Waals surface area contributed by atoms with Crippen LogP contribution in [-0.2, 0) is 9.09 Å². The molecule has 0 fully saturated rings. The summed E-state index contributed by atoms with van der Waals surface area (Å²) >= 11 is 5.80. The number of rotatable bonds is 6. The summed E-state index contributed by atoms with van der Waals surface area (Å²) in [6, 6.07) is 2.33. The van der Waals surface area contributed by atoms with Crippen LogP contribution < -0.4 is 10.5 Å². The monoisotopic (exact) mass is 295 g/mol. The Bertz CT molecular complexity index is 470. The van der Waals surface area contributed by atoms with Crippen LogP contribution in [0, 0.1) is 5.82 Å². The zero-order valence-electron chi connectivity index (χ0n) is 10.3. The van der Waals surface area contributed by atoms with Gasteiger partial charge in [-0.3, -0.25) is 4.57 Å². The van der Waals surface area contributed by atoms with Crippen molar-refractivity contribution in [3.8, 4) is 5.75 Å². The fourth-order valence-corrected chi connectivity index (χ4v) is 2.73. The smallest absolute Gasteiger partial charge is 0.239 e. The third-order valence-corrected chi connectivity index (χ3v) is 4.82. The van der Waals surface area contributed by atoms with E-state index in [-0.39, 0.29) is 22.8 Å². The topological polar surface area (TPSA) is 61.5 Å². The maximum Gasteiger partial charge on any atom is 0.239 e. The molecule has 0 amide bonds. The second-order valence-corrected chi connectivity index (χ2v) is 6.81. The summed E-state index contributed by atoms with van der Waals surface area (Å²) in [6.45, 7) is 3.85. The molecule has 1 aromatic carbocycles. The van der Waals surface area contributed by atoms with Crippen LogP contribution in [0.4, 0.5) is 10.1 Å². The van der Waals surface area contributed by atoms with E-state index in [0.717, 1.165) is 6.07 Å². The molecular weight excluding hydrogens is 280 g/mol. The van der Waals surface area contributed by atoms with Crippen LogP contribution in [0.2, 0.25) is 5.02 Å². The predicted molar refractivity (Wildman–Crippen MR) is 71.1 cm³/mol. The van der Waals surface area contributed by atoms with Gasteiger partial charge in [-0.2, -0.15) is 0 Å². The van der Waals surface area contributed by atoms with Gasteiger partial charge in [0, 0.05) is 12.2 Å². The number of ether oxygens (including phenoxy) is 1. The maximum absolute atomic E-state index is 13.1. The van der Waals surface area contributed by atoms with E-state index in [9.17, 15) is 8.96 Å². The van der Waals surface area contributed by atoms with Crippen molar-refractivity contribution in [3.63, 3.8) is 0 Å². The quantitative estimate of drug-likeness (QED) is 0.641. The number of hydrogen-bond donors (Lipinski definition) is 1. The van der Waals surface area contributed by atoms with Crippen molar-refractivity contribution >= 4 is 24.7 Å². The SMILES string of the molecule is CCOP(=O)(CC)COc1cc(N)c(F)cc1Cl. The van der Waals surface area contributed by atoms with Gasteiger partial charge in [0.05, 0.1) is 17.3 Å². The fraction of sp³-hybridized carbons (Fsp3) is 0.455. The lowest BCUT2D eigenvalue weighted by molar-refractivity contribution is 0.294. The summed E-state index contributed by atoms with van der Waals surface area (Å²) in [5.41, 5.74) is 5.33. The van der Waals surface area contributed by atoms with Crippen LogP contribution in [0.1, 0.15) is 13.8 Å². The second-order valence-electron chi connectivity index (χ2n) is 3.63. The molecule has 0 spiro atoms. The van der Waals surface area contributed by atoms with Gasteiger partial charge in [-0.05, 0) is 13.0 Å². The third-order valence-electron chi connectivity index (χ3n) is 2.31. The van der Waals surface area contributed by atoms with Crippen LogP contribution in [-0.4, -0.2) is 19.1 Å². The summed E-state index contributed by atoms with van der Waals surface area (Å²) in [5, 5.41) is 0.0841. The molecule has 0 bridgehead atoms. The van der Waals surface area contributed by atoms with Gasteiger partial charge in [-0.15, -0.1) is 0 Å². The molecule has 0 saturated carbocycles. The molecule has 0 heterocycles. The summed E-state index contributed by atoms with van der Waals surface area (Å²) < 4.78 is 35.7. The minimum atomic E-state index is -2.83. The number of nitrogens with two attached hydrogens (primary N) is 1. The van der Waals surface area contributed by atoms with Gasteiger partial charge >= 0.3 is 0 Å². The molecule has 0 radical (unpaired) electrons. The molecule has 0 aliphatic carbocycles. The van der Waals surface area contributed by atoms with Crippen molar-refractivity contribution in [2.24, 2.45) is 0 Å². The van der Waals surface area contributed by atoms with E-state index in [1.54, 1.807) is 13.8 Å². The lowest BCUT2D eigenvalue weighted by Gasteiger charge is -2.17. The first-order chi connectivity index (χ1) is 8.41. The first-order valence-corrected chi connectivity index (χ1v) is 7.89. The van der Waals surface area contributed by atoms with Crippen LogP contribution in [0.25, 0.3) is 0 Å². The molecule has 102 valence electrons. The molecular formula is C11H16ClFNO3P. The molecule has 1 atom stereocenters. The zero-order chi connectivity index (χ0) is 13.8. The van der Waals surface area contributed by atoms with E-state index in [1.807, 2.05) is 0 Å². The van der Waals surface area contributed by atoms with Crippen LogP contribution >= 0.6 is 19.0 Å². The Balaban J connectivity index is 2.80. The molecule has 4 nitrogen and oxygen atoms in total. The highest BCUT2D eigenvalue weighted by Crippen LogP contribution is 2.46. The van der Waals surface area contributed by atoms with E-state index in [4.69, 9.17) is 26.6 Å². The molecule has 0 aliphatic rings. The Kier molecular flexibility index (Phi) is 5.45. The number of benzene rings is 1. The summed E-state index contributed by atoms with van der Waals surface area (Å²) in [5.74, 6) is -0.417. The predicted octanol–water partition coefficient (Wildman–Crippen LogP) is 3.73. The Morgan fingerprint density at radius 3 is 2.67 bits per heavy atom. The summed E-state index contributed by atoms with van der Waals surface area (Å²) in [6.07, 6.45) is 0.247. The van der Waals surface area contributed by atoms with E-state index < -0.39 is 13.2 Å². The number of hydrogen-bond acceptors (Lipinski definition) is 4. The van der Waals surface area contributed by atoms with Crippen molar-refractivity contribution in [3.05, 3.63) is 23.0 Å². The normalized spacial score (nSPS) is 14.2. The maximum atomic E-state index is 13.1. The van der Waals surface area contributed by atoms with Crippen molar-refractivity contribution in [1.29, 1.82) is 0 Å². The van der Waals surface area contributed by atoms with Gasteiger partial charge in [-0.25, -0.2) is 4.39 Å². The van der Waals surface area contributed by atoms with Crippen molar-refractivity contribution in [1.82, 2.24) is 0 Å². The molecule has 0 aromatic heterocycles. The standard InChI is InChI=1S/C11H16ClFNO3P/c1-3-17-18(15,4-2)7-16-11-6-10(14)9(13)5-8(11)12/h5-6H,3-4,7,14H2,1-2H3. The van der Waals surface area contributed by atoms with Crippen molar-refractivity contribution in [2.75, 3.05) is 24.9 Å². The number of halogens is 2. The average Bonchev–Trinajstić information content (AvgIpc) is 2.32. The van der Waals surface area contributed by atoms with Gasteiger partial charge in [-0.1, -0.05) is 18.5 Å². The molecule has 2 N–H and O–H groups in total. The van der Waals surface area contributed by atoms with Crippen molar-refractivity contribution < 1.29 is 18.2 Å². The first-order valence-electron chi connectivity index (χ1n) is 5.51. The Hall–Kier alpha value is -0.770. The van der Waals surface area contributed by atoms with Gasteiger partial charge in [0.2, 0.25) is 7.37 Å². The second kappa shape index (κ2) is 6.41. The van der Waals surface area contributed by atoms with Crippen LogP contribution in [0.15, 0.2) is 12.1 Å². The van der Waals surface area contributed by atoms with Gasteiger partial charge < -0.3 is 15.0 Å². The van der Waals surface area contributed by atoms with E-state index in [2.05, 4.69) is 0 Å². The Labute approximate surface area is 111 Å². The van der Waals surface area contributed by atoms with Gasteiger partial charge in [0.1, 0.15) is 11.6 Å². The van der Waals surface area contributed by atoms with E-state index >= 15 is 0 Å². The Morgan fingerprint density at radius 2 is 2.11 bits per heavy atom. The lowest BCUT2D eigenvalue weighted by Crippen LogP contribution is -2.05. The van der Waals surface area contributed by atoms with Crippen LogP contribution in [0.5, 0.6) is 5.75 Å². The number of anilines is 1. The average molecular weight is 296 g/mol. The molecule has 7 heteroatoms. The molecule has 1 unspecified atom stereocenters.